The van der Waals surface area contributed by atoms with Gasteiger partial charge < -0.3 is 14.2 Å². The van der Waals surface area contributed by atoms with Crippen molar-refractivity contribution in [1.29, 1.82) is 0 Å². The van der Waals surface area contributed by atoms with Crippen LogP contribution in [0.1, 0.15) is 23.2 Å². The second kappa shape index (κ2) is 9.19. The molecule has 1 aromatic carbocycles. The maximum Gasteiger partial charge on any atom is 0.228 e. The van der Waals surface area contributed by atoms with Gasteiger partial charge in [-0.25, -0.2) is 24.3 Å². The van der Waals surface area contributed by atoms with Crippen LogP contribution >= 0.6 is 11.6 Å². The van der Waals surface area contributed by atoms with Crippen LogP contribution in [0.2, 0.25) is 5.02 Å². The molecule has 0 N–H and O–H groups in total. The van der Waals surface area contributed by atoms with E-state index in [0.29, 0.717) is 48.2 Å². The highest BCUT2D eigenvalue weighted by Crippen LogP contribution is 2.32. The number of aryl methyl sites for hydroxylation is 3. The van der Waals surface area contributed by atoms with E-state index in [2.05, 4.69) is 19.9 Å². The second-order valence-electron chi connectivity index (χ2n) is 8.13. The van der Waals surface area contributed by atoms with Gasteiger partial charge in [0, 0.05) is 36.8 Å². The summed E-state index contributed by atoms with van der Waals surface area (Å²) in [5.41, 5.74) is 3.00. The summed E-state index contributed by atoms with van der Waals surface area (Å²) < 4.78 is 35.8. The number of benzene rings is 1. The number of anilines is 1. The zero-order valence-corrected chi connectivity index (χ0v) is 19.4. The molecule has 4 aromatic rings. The lowest BCUT2D eigenvalue weighted by Gasteiger charge is -2.32. The number of aromatic nitrogens is 6. The summed E-state index contributed by atoms with van der Waals surface area (Å²) in [6, 6.07) is 4.36. The molecular formula is C23H22ClF2N7O. The Hall–Kier alpha value is -3.24. The molecule has 1 fully saturated rings. The summed E-state index contributed by atoms with van der Waals surface area (Å²) >= 11 is 5.97. The van der Waals surface area contributed by atoms with Crippen molar-refractivity contribution in [1.82, 2.24) is 29.5 Å². The van der Waals surface area contributed by atoms with Gasteiger partial charge in [-0.05, 0) is 25.1 Å². The van der Waals surface area contributed by atoms with Gasteiger partial charge in [0.1, 0.15) is 23.1 Å². The molecule has 0 spiro atoms. The minimum absolute atomic E-state index is 0.105. The average Bonchev–Trinajstić information content (AvgIpc) is 3.26. The molecule has 8 nitrogen and oxygen atoms in total. The van der Waals surface area contributed by atoms with Crippen LogP contribution in [0.3, 0.4) is 0 Å². The zero-order chi connectivity index (χ0) is 23.8. The lowest BCUT2D eigenvalue weighted by Crippen LogP contribution is -2.39. The van der Waals surface area contributed by atoms with E-state index in [9.17, 15) is 8.78 Å². The van der Waals surface area contributed by atoms with Crippen LogP contribution < -0.4 is 4.90 Å². The van der Waals surface area contributed by atoms with Crippen LogP contribution in [-0.4, -0.2) is 55.9 Å². The third kappa shape index (κ3) is 4.30. The van der Waals surface area contributed by atoms with Crippen LogP contribution in [0.5, 0.6) is 0 Å². The number of ether oxygens (including phenoxy) is 1. The Morgan fingerprint density at radius 3 is 2.79 bits per heavy atom. The molecule has 1 atom stereocenters. The number of morpholine rings is 1. The highest BCUT2D eigenvalue weighted by molar-refractivity contribution is 6.30. The van der Waals surface area contributed by atoms with Gasteiger partial charge >= 0.3 is 0 Å². The molecule has 0 unspecified atom stereocenters. The van der Waals surface area contributed by atoms with Crippen LogP contribution in [0, 0.1) is 12.7 Å². The van der Waals surface area contributed by atoms with Crippen molar-refractivity contribution < 1.29 is 13.5 Å². The molecule has 0 saturated carbocycles. The van der Waals surface area contributed by atoms with E-state index in [1.54, 1.807) is 25.4 Å². The predicted molar refractivity (Wildman–Crippen MR) is 124 cm³/mol. The van der Waals surface area contributed by atoms with Crippen molar-refractivity contribution in [2.24, 2.45) is 7.05 Å². The first-order valence-electron chi connectivity index (χ1n) is 10.8. The molecule has 1 aliphatic heterocycles. The van der Waals surface area contributed by atoms with Gasteiger partial charge in [-0.3, -0.25) is 4.39 Å². The third-order valence-corrected chi connectivity index (χ3v) is 5.95. The number of hydrogen-bond acceptors (Lipinski definition) is 7. The Balaban J connectivity index is 1.63. The largest absolute Gasteiger partial charge is 0.368 e. The predicted octanol–water partition coefficient (Wildman–Crippen LogP) is 4.01. The Labute approximate surface area is 199 Å². The monoisotopic (exact) mass is 485 g/mol. The van der Waals surface area contributed by atoms with E-state index in [4.69, 9.17) is 21.3 Å². The number of nitrogens with zero attached hydrogens (tertiary/aromatic N) is 7. The number of fused-ring (bicyclic) bond motifs is 1. The first-order chi connectivity index (χ1) is 16.4. The molecule has 34 heavy (non-hydrogen) atoms. The fourth-order valence-corrected chi connectivity index (χ4v) is 4.16. The first-order valence-corrected chi connectivity index (χ1v) is 11.2. The van der Waals surface area contributed by atoms with Crippen LogP contribution in [0.4, 0.5) is 14.7 Å². The van der Waals surface area contributed by atoms with E-state index in [0.717, 1.165) is 5.69 Å². The Morgan fingerprint density at radius 1 is 1.21 bits per heavy atom. The van der Waals surface area contributed by atoms with E-state index in [-0.39, 0.29) is 28.8 Å². The summed E-state index contributed by atoms with van der Waals surface area (Å²) in [4.78, 5) is 24.8. The van der Waals surface area contributed by atoms with E-state index >= 15 is 0 Å². The first kappa shape index (κ1) is 22.5. The quantitative estimate of drug-likeness (QED) is 0.422. The van der Waals surface area contributed by atoms with Gasteiger partial charge in [-0.2, -0.15) is 4.98 Å². The molecule has 1 saturated heterocycles. The lowest BCUT2D eigenvalue weighted by atomic mass is 10.1. The maximum absolute atomic E-state index is 15.0. The van der Waals surface area contributed by atoms with Crippen molar-refractivity contribution in [2.45, 2.75) is 19.4 Å². The molecule has 3 aromatic heterocycles. The second-order valence-corrected chi connectivity index (χ2v) is 8.57. The number of halogens is 3. The molecular weight excluding hydrogens is 464 g/mol. The summed E-state index contributed by atoms with van der Waals surface area (Å²) in [6.07, 6.45) is 3.48. The highest BCUT2D eigenvalue weighted by Gasteiger charge is 2.27. The van der Waals surface area contributed by atoms with Crippen molar-refractivity contribution in [2.75, 3.05) is 31.3 Å². The number of hydrogen-bond donors (Lipinski definition) is 0. The van der Waals surface area contributed by atoms with E-state index in [1.807, 2.05) is 22.7 Å². The fourth-order valence-electron chi connectivity index (χ4n) is 4.00. The maximum atomic E-state index is 15.0. The standard InChI is InChI=1S/C23H22ClF2N7O/c1-13-17(5-6-25)29-21-20(15-4-3-14(24)9-16(15)26)30-23(31-22(21)28-13)33-7-8-34-19(11-33)18-10-32(2)12-27-18/h3-4,9-10,12,19H,5-8,11H2,1-2H3/t19-/m0/s1. The molecule has 0 amide bonds. The Kier molecular flexibility index (Phi) is 6.09. The molecule has 0 bridgehead atoms. The Bertz CT molecular complexity index is 1360. The van der Waals surface area contributed by atoms with Gasteiger partial charge in [-0.1, -0.05) is 11.6 Å². The van der Waals surface area contributed by atoms with Crippen molar-refractivity contribution in [3.63, 3.8) is 0 Å². The van der Waals surface area contributed by atoms with Crippen molar-refractivity contribution in [3.05, 3.63) is 58.6 Å². The van der Waals surface area contributed by atoms with Gasteiger partial charge in [0.2, 0.25) is 5.95 Å². The molecule has 11 heteroatoms. The highest BCUT2D eigenvalue weighted by atomic mass is 35.5. The third-order valence-electron chi connectivity index (χ3n) is 5.71. The number of imidazole rings is 1. The zero-order valence-electron chi connectivity index (χ0n) is 18.7. The topological polar surface area (TPSA) is 81.9 Å². The van der Waals surface area contributed by atoms with Crippen LogP contribution in [0.15, 0.2) is 30.7 Å². The number of rotatable bonds is 5. The van der Waals surface area contributed by atoms with Gasteiger partial charge in [0.05, 0.1) is 43.2 Å². The normalized spacial score (nSPS) is 16.4. The SMILES string of the molecule is Cc1nc2nc(N3CCO[C@H](c4cn(C)cn4)C3)nc(-c3ccc(Cl)cc3F)c2nc1CCF. The van der Waals surface area contributed by atoms with Crippen LogP contribution in [0.25, 0.3) is 22.4 Å². The molecule has 0 radical (unpaired) electrons. The van der Waals surface area contributed by atoms with E-state index in [1.165, 1.54) is 6.07 Å². The average molecular weight is 486 g/mol. The van der Waals surface area contributed by atoms with Gasteiger partial charge in [0.25, 0.3) is 0 Å². The molecule has 4 heterocycles. The van der Waals surface area contributed by atoms with Gasteiger partial charge in [0.15, 0.2) is 5.65 Å². The van der Waals surface area contributed by atoms with Crippen molar-refractivity contribution >= 4 is 28.7 Å². The Morgan fingerprint density at radius 2 is 2.06 bits per heavy atom. The molecule has 5 rings (SSSR count). The van der Waals surface area contributed by atoms with Crippen molar-refractivity contribution in [3.8, 4) is 11.3 Å². The number of alkyl halides is 1. The molecule has 176 valence electrons. The fraction of sp³-hybridized carbons (Fsp3) is 0.348. The summed E-state index contributed by atoms with van der Waals surface area (Å²) in [6.45, 7) is 2.65. The summed E-state index contributed by atoms with van der Waals surface area (Å²) in [5, 5.41) is 0.270. The smallest absolute Gasteiger partial charge is 0.228 e. The summed E-state index contributed by atoms with van der Waals surface area (Å²) in [5.74, 6) is -0.158. The van der Waals surface area contributed by atoms with Gasteiger partial charge in [-0.15, -0.1) is 0 Å². The van der Waals surface area contributed by atoms with E-state index < -0.39 is 12.5 Å². The minimum Gasteiger partial charge on any atom is -0.368 e. The summed E-state index contributed by atoms with van der Waals surface area (Å²) in [7, 11) is 1.90. The minimum atomic E-state index is -0.576. The molecule has 1 aliphatic rings. The van der Waals surface area contributed by atoms with Crippen LogP contribution in [-0.2, 0) is 18.2 Å². The molecule has 0 aliphatic carbocycles. The lowest BCUT2D eigenvalue weighted by molar-refractivity contribution is 0.0367.